The molecule has 2 rings (SSSR count). The second-order valence-electron chi connectivity index (χ2n) is 3.22. The highest BCUT2D eigenvalue weighted by Crippen LogP contribution is 2.40. The first-order chi connectivity index (χ1) is 6.79. The van der Waals surface area contributed by atoms with Gasteiger partial charge in [0.25, 0.3) is 0 Å². The van der Waals surface area contributed by atoms with Crippen LogP contribution in [0.25, 0.3) is 0 Å². The molecule has 0 unspecified atom stereocenters. The van der Waals surface area contributed by atoms with Gasteiger partial charge in [-0.3, -0.25) is 4.98 Å². The molecule has 1 heterocycles. The fourth-order valence-corrected chi connectivity index (χ4v) is 1.15. The fraction of sp³-hybridized carbons (Fsp3) is 0.273. The number of aromatic nitrogens is 1. The molecular formula is C11H8N2O. The van der Waals surface area contributed by atoms with Crippen LogP contribution in [0.2, 0.25) is 0 Å². The van der Waals surface area contributed by atoms with Crippen molar-refractivity contribution in [1.29, 1.82) is 5.26 Å². The third-order valence-electron chi connectivity index (χ3n) is 2.17. The van der Waals surface area contributed by atoms with Crippen LogP contribution < -0.4 is 4.74 Å². The molecule has 0 bridgehead atoms. The molecule has 3 heteroatoms. The first kappa shape index (κ1) is 8.59. The largest absolute Gasteiger partial charge is 0.473 e. The Balaban J connectivity index is 2.26. The number of pyridine rings is 1. The van der Waals surface area contributed by atoms with Crippen LogP contribution in [0, 0.1) is 23.7 Å². The van der Waals surface area contributed by atoms with Crippen molar-refractivity contribution in [3.05, 3.63) is 24.0 Å². The van der Waals surface area contributed by atoms with E-state index in [1.54, 1.807) is 12.3 Å². The second kappa shape index (κ2) is 3.05. The normalized spacial score (nSPS) is 16.4. The summed E-state index contributed by atoms with van der Waals surface area (Å²) in [6.07, 6.45) is 10.1. The van der Waals surface area contributed by atoms with Crippen molar-refractivity contribution in [3.8, 4) is 24.2 Å². The molecule has 1 fully saturated rings. The summed E-state index contributed by atoms with van der Waals surface area (Å²) in [6, 6.07) is 3.68. The van der Waals surface area contributed by atoms with Crippen molar-refractivity contribution in [2.45, 2.75) is 18.4 Å². The van der Waals surface area contributed by atoms with Crippen LogP contribution >= 0.6 is 0 Å². The van der Waals surface area contributed by atoms with E-state index in [4.69, 9.17) is 16.4 Å². The number of nitrogens with zero attached hydrogens (tertiary/aromatic N) is 2. The number of nitriles is 1. The predicted octanol–water partition coefficient (Wildman–Crippen LogP) is 1.50. The van der Waals surface area contributed by atoms with Gasteiger partial charge in [-0.2, -0.15) is 5.26 Å². The fourth-order valence-electron chi connectivity index (χ4n) is 1.15. The van der Waals surface area contributed by atoms with Gasteiger partial charge >= 0.3 is 0 Å². The summed E-state index contributed by atoms with van der Waals surface area (Å²) in [5, 5.41) is 8.79. The van der Waals surface area contributed by atoms with Gasteiger partial charge in [0.15, 0.2) is 5.60 Å². The Hall–Kier alpha value is -2.00. The minimum atomic E-state index is -0.465. The van der Waals surface area contributed by atoms with Crippen LogP contribution in [0.15, 0.2) is 18.5 Å². The topological polar surface area (TPSA) is 45.9 Å². The van der Waals surface area contributed by atoms with Gasteiger partial charge in [-0.25, -0.2) is 0 Å². The molecule has 68 valence electrons. The lowest BCUT2D eigenvalue weighted by Crippen LogP contribution is -2.15. The first-order valence-electron chi connectivity index (χ1n) is 4.30. The van der Waals surface area contributed by atoms with E-state index in [1.165, 1.54) is 6.20 Å². The molecule has 0 aromatic carbocycles. The Kier molecular flexibility index (Phi) is 1.87. The zero-order valence-electron chi connectivity index (χ0n) is 7.53. The molecule has 1 aliphatic carbocycles. The molecule has 1 aliphatic rings. The Bertz CT molecular complexity index is 435. The maximum atomic E-state index is 8.79. The van der Waals surface area contributed by atoms with Gasteiger partial charge < -0.3 is 4.74 Å². The summed E-state index contributed by atoms with van der Waals surface area (Å²) < 4.78 is 5.59. The van der Waals surface area contributed by atoms with Crippen LogP contribution in [0.1, 0.15) is 18.4 Å². The molecule has 0 radical (unpaired) electrons. The molecule has 1 aromatic rings. The van der Waals surface area contributed by atoms with Crippen molar-refractivity contribution in [3.63, 3.8) is 0 Å². The highest BCUT2D eigenvalue weighted by atomic mass is 16.5. The van der Waals surface area contributed by atoms with E-state index in [-0.39, 0.29) is 0 Å². The third kappa shape index (κ3) is 1.41. The Morgan fingerprint density at radius 1 is 1.57 bits per heavy atom. The van der Waals surface area contributed by atoms with E-state index in [2.05, 4.69) is 10.9 Å². The van der Waals surface area contributed by atoms with Crippen molar-refractivity contribution >= 4 is 0 Å². The van der Waals surface area contributed by atoms with E-state index < -0.39 is 5.60 Å². The molecule has 0 atom stereocenters. The number of rotatable bonds is 2. The van der Waals surface area contributed by atoms with Gasteiger partial charge in [-0.15, -0.1) is 6.42 Å². The van der Waals surface area contributed by atoms with Crippen LogP contribution in [0.5, 0.6) is 5.75 Å². The minimum Gasteiger partial charge on any atom is -0.473 e. The van der Waals surface area contributed by atoms with Crippen LogP contribution in [0.4, 0.5) is 0 Å². The quantitative estimate of drug-likeness (QED) is 0.654. The molecular weight excluding hydrogens is 176 g/mol. The van der Waals surface area contributed by atoms with Gasteiger partial charge in [0.1, 0.15) is 17.4 Å². The van der Waals surface area contributed by atoms with Gasteiger partial charge in [0.05, 0.1) is 0 Å². The summed E-state index contributed by atoms with van der Waals surface area (Å²) in [5.74, 6) is 3.13. The summed E-state index contributed by atoms with van der Waals surface area (Å²) in [5.41, 5.74) is -0.0403. The molecule has 0 spiro atoms. The van der Waals surface area contributed by atoms with Gasteiger partial charge in [-0.1, -0.05) is 5.92 Å². The lowest BCUT2D eigenvalue weighted by atomic mass is 10.2. The van der Waals surface area contributed by atoms with E-state index in [9.17, 15) is 0 Å². The minimum absolute atomic E-state index is 0.425. The third-order valence-corrected chi connectivity index (χ3v) is 2.17. The van der Waals surface area contributed by atoms with Crippen LogP contribution in [0.3, 0.4) is 0 Å². The van der Waals surface area contributed by atoms with E-state index >= 15 is 0 Å². The van der Waals surface area contributed by atoms with Crippen molar-refractivity contribution in [1.82, 2.24) is 4.98 Å². The number of terminal acetylenes is 1. The Morgan fingerprint density at radius 3 is 2.93 bits per heavy atom. The van der Waals surface area contributed by atoms with Crippen LogP contribution in [-0.2, 0) is 0 Å². The molecule has 14 heavy (non-hydrogen) atoms. The van der Waals surface area contributed by atoms with Gasteiger partial charge in [-0.05, 0) is 6.07 Å². The molecule has 1 saturated carbocycles. The first-order valence-corrected chi connectivity index (χ1v) is 4.30. The van der Waals surface area contributed by atoms with E-state index in [0.29, 0.717) is 11.3 Å². The maximum Gasteiger partial charge on any atom is 0.169 e. The smallest absolute Gasteiger partial charge is 0.169 e. The maximum absolute atomic E-state index is 8.79. The van der Waals surface area contributed by atoms with Crippen molar-refractivity contribution < 1.29 is 4.74 Å². The highest BCUT2D eigenvalue weighted by Gasteiger charge is 2.44. The lowest BCUT2D eigenvalue weighted by Gasteiger charge is -2.12. The number of ether oxygens (including phenoxy) is 1. The predicted molar refractivity (Wildman–Crippen MR) is 50.4 cm³/mol. The highest BCUT2D eigenvalue weighted by molar-refractivity contribution is 5.42. The monoisotopic (exact) mass is 184 g/mol. The van der Waals surface area contributed by atoms with E-state index in [0.717, 1.165) is 12.8 Å². The SMILES string of the molecule is C#CC1(Oc2ccncc2C#N)CC1. The molecule has 0 N–H and O–H groups in total. The van der Waals surface area contributed by atoms with E-state index in [1.807, 2.05) is 6.07 Å². The average molecular weight is 184 g/mol. The van der Waals surface area contributed by atoms with Crippen LogP contribution in [-0.4, -0.2) is 10.6 Å². The molecule has 0 saturated heterocycles. The lowest BCUT2D eigenvalue weighted by molar-refractivity contribution is 0.239. The second-order valence-corrected chi connectivity index (χ2v) is 3.22. The van der Waals surface area contributed by atoms with Crippen molar-refractivity contribution in [2.75, 3.05) is 0 Å². The zero-order valence-corrected chi connectivity index (χ0v) is 7.53. The summed E-state index contributed by atoms with van der Waals surface area (Å²) >= 11 is 0. The summed E-state index contributed by atoms with van der Waals surface area (Å²) in [4.78, 5) is 3.84. The summed E-state index contributed by atoms with van der Waals surface area (Å²) in [7, 11) is 0. The molecule has 1 aromatic heterocycles. The van der Waals surface area contributed by atoms with Gasteiger partial charge in [0.2, 0.25) is 0 Å². The molecule has 0 aliphatic heterocycles. The average Bonchev–Trinajstić information content (AvgIpc) is 2.99. The standard InChI is InChI=1S/C11H8N2O/c1-2-11(4-5-11)14-10-3-6-13-8-9(10)7-12/h1,3,6,8H,4-5H2. The number of hydrogen-bond donors (Lipinski definition) is 0. The van der Waals surface area contributed by atoms with Crippen molar-refractivity contribution in [2.24, 2.45) is 0 Å². The zero-order chi connectivity index (χ0) is 10.0. The molecule has 3 nitrogen and oxygen atoms in total. The number of hydrogen-bond acceptors (Lipinski definition) is 3. The summed E-state index contributed by atoms with van der Waals surface area (Å²) in [6.45, 7) is 0. The Morgan fingerprint density at radius 2 is 2.36 bits per heavy atom. The molecule has 0 amide bonds. The van der Waals surface area contributed by atoms with Gasteiger partial charge in [0, 0.05) is 25.2 Å². The Labute approximate surface area is 82.3 Å².